The highest BCUT2D eigenvalue weighted by molar-refractivity contribution is 5.81. The fraction of sp³-hybridized carbons (Fsp3) is 0.857. The molecule has 48 valence electrons. The van der Waals surface area contributed by atoms with Gasteiger partial charge >= 0.3 is 0 Å². The lowest BCUT2D eigenvalue weighted by Crippen LogP contribution is -1.96. The highest BCUT2D eigenvalue weighted by Crippen LogP contribution is 1.99. The predicted molar refractivity (Wildman–Crippen MR) is 38.5 cm³/mol. The summed E-state index contributed by atoms with van der Waals surface area (Å²) in [5.74, 6) is 0.749. The van der Waals surface area contributed by atoms with E-state index in [0.717, 1.165) is 12.3 Å². The largest absolute Gasteiger partial charge is 0.298 e. The van der Waals surface area contributed by atoms with Crippen molar-refractivity contribution in [2.75, 3.05) is 7.05 Å². The predicted octanol–water partition coefficient (Wildman–Crippen LogP) is 2.12. The van der Waals surface area contributed by atoms with E-state index < -0.39 is 0 Å². The molecule has 1 nitrogen and oxygen atoms in total. The van der Waals surface area contributed by atoms with Gasteiger partial charge < -0.3 is 0 Å². The maximum absolute atomic E-state index is 4.05. The second-order valence-corrected chi connectivity index (χ2v) is 2.56. The molecule has 0 bridgehead atoms. The molecule has 0 spiro atoms. The average molecular weight is 113 g/mol. The molecule has 0 N–H and O–H groups in total. The topological polar surface area (TPSA) is 12.4 Å². The lowest BCUT2D eigenvalue weighted by atomic mass is 10.1. The molecule has 0 aliphatic rings. The van der Waals surface area contributed by atoms with Crippen molar-refractivity contribution in [3.8, 4) is 0 Å². The number of hydrogen-bond acceptors (Lipinski definition) is 1. The second kappa shape index (κ2) is 3.65. The van der Waals surface area contributed by atoms with E-state index in [-0.39, 0.29) is 0 Å². The Labute approximate surface area is 51.8 Å². The number of rotatable bonds is 2. The monoisotopic (exact) mass is 113 g/mol. The first kappa shape index (κ1) is 7.67. The third-order valence-corrected chi connectivity index (χ3v) is 1.09. The van der Waals surface area contributed by atoms with E-state index >= 15 is 0 Å². The van der Waals surface area contributed by atoms with Gasteiger partial charge in [-0.05, 0) is 19.3 Å². The maximum Gasteiger partial charge on any atom is 0.0276 e. The molecule has 0 atom stereocenters. The Balaban J connectivity index is 3.39. The summed E-state index contributed by atoms with van der Waals surface area (Å²) in [4.78, 5) is 4.05. The Morgan fingerprint density at radius 1 is 1.50 bits per heavy atom. The van der Waals surface area contributed by atoms with Gasteiger partial charge in [0, 0.05) is 12.8 Å². The summed E-state index contributed by atoms with van der Waals surface area (Å²) in [5.41, 5.74) is 1.25. The van der Waals surface area contributed by atoms with Gasteiger partial charge in [0.05, 0.1) is 0 Å². The van der Waals surface area contributed by atoms with Crippen LogP contribution in [0.2, 0.25) is 0 Å². The second-order valence-electron chi connectivity index (χ2n) is 2.56. The van der Waals surface area contributed by atoms with E-state index in [1.807, 2.05) is 7.05 Å². The summed E-state index contributed by atoms with van der Waals surface area (Å²) < 4.78 is 0. The van der Waals surface area contributed by atoms with Crippen LogP contribution in [0.3, 0.4) is 0 Å². The molecule has 0 amide bonds. The zero-order chi connectivity index (χ0) is 6.57. The molecule has 1 heteroatoms. The van der Waals surface area contributed by atoms with Gasteiger partial charge in [-0.2, -0.15) is 0 Å². The standard InChI is InChI=1S/C7H15N/c1-6(2)5-7(3)8-4/h6H,5H2,1-4H3. The molecule has 0 aromatic carbocycles. The third-order valence-electron chi connectivity index (χ3n) is 1.09. The van der Waals surface area contributed by atoms with Gasteiger partial charge in [-0.25, -0.2) is 0 Å². The van der Waals surface area contributed by atoms with Gasteiger partial charge in [-0.15, -0.1) is 0 Å². The van der Waals surface area contributed by atoms with Gasteiger partial charge in [0.1, 0.15) is 0 Å². The van der Waals surface area contributed by atoms with E-state index in [1.165, 1.54) is 5.71 Å². The highest BCUT2D eigenvalue weighted by atomic mass is 14.7. The fourth-order valence-corrected chi connectivity index (χ4v) is 0.682. The quantitative estimate of drug-likeness (QED) is 0.486. The minimum absolute atomic E-state index is 0.749. The summed E-state index contributed by atoms with van der Waals surface area (Å²) in [6.07, 6.45) is 1.14. The summed E-state index contributed by atoms with van der Waals surface area (Å²) in [7, 11) is 1.84. The van der Waals surface area contributed by atoms with Crippen LogP contribution in [0.1, 0.15) is 27.2 Å². The molecule has 0 heterocycles. The van der Waals surface area contributed by atoms with Crippen molar-refractivity contribution < 1.29 is 0 Å². The first-order valence-corrected chi connectivity index (χ1v) is 3.09. The zero-order valence-electron chi connectivity index (χ0n) is 6.23. The van der Waals surface area contributed by atoms with E-state index in [0.29, 0.717) is 0 Å². The van der Waals surface area contributed by atoms with Gasteiger partial charge in [-0.3, -0.25) is 4.99 Å². The Morgan fingerprint density at radius 2 is 2.00 bits per heavy atom. The van der Waals surface area contributed by atoms with Crippen LogP contribution >= 0.6 is 0 Å². The lowest BCUT2D eigenvalue weighted by Gasteiger charge is -2.00. The van der Waals surface area contributed by atoms with Crippen molar-refractivity contribution in [1.29, 1.82) is 0 Å². The van der Waals surface area contributed by atoms with Crippen LogP contribution in [-0.2, 0) is 0 Å². The minimum Gasteiger partial charge on any atom is -0.298 e. The summed E-state index contributed by atoms with van der Waals surface area (Å²) in [6, 6.07) is 0. The molecule has 8 heavy (non-hydrogen) atoms. The van der Waals surface area contributed by atoms with Gasteiger partial charge in [0.2, 0.25) is 0 Å². The highest BCUT2D eigenvalue weighted by Gasteiger charge is 1.93. The molecule has 0 radical (unpaired) electrons. The average Bonchev–Trinajstić information content (AvgIpc) is 1.65. The van der Waals surface area contributed by atoms with Crippen molar-refractivity contribution >= 4 is 5.71 Å². The SMILES string of the molecule is CN=C(C)CC(C)C. The van der Waals surface area contributed by atoms with Crippen LogP contribution in [0.5, 0.6) is 0 Å². The smallest absolute Gasteiger partial charge is 0.0276 e. The van der Waals surface area contributed by atoms with E-state index in [2.05, 4.69) is 25.8 Å². The van der Waals surface area contributed by atoms with Crippen LogP contribution in [0.4, 0.5) is 0 Å². The Hall–Kier alpha value is -0.330. The van der Waals surface area contributed by atoms with Crippen LogP contribution in [-0.4, -0.2) is 12.8 Å². The van der Waals surface area contributed by atoms with Crippen molar-refractivity contribution in [2.45, 2.75) is 27.2 Å². The first-order chi connectivity index (χ1) is 3.66. The molecule has 0 aromatic rings. The van der Waals surface area contributed by atoms with Gasteiger partial charge in [0.25, 0.3) is 0 Å². The third kappa shape index (κ3) is 3.85. The number of aliphatic imine (C=N–C) groups is 1. The normalized spacial score (nSPS) is 12.9. The first-order valence-electron chi connectivity index (χ1n) is 3.09. The molecule has 0 unspecified atom stereocenters. The molecule has 0 aliphatic heterocycles. The number of hydrogen-bond donors (Lipinski definition) is 0. The maximum atomic E-state index is 4.05. The van der Waals surface area contributed by atoms with Crippen LogP contribution < -0.4 is 0 Å². The Kier molecular flexibility index (Phi) is 3.49. The summed E-state index contributed by atoms with van der Waals surface area (Å²) in [5, 5.41) is 0. The molecular weight excluding hydrogens is 98.1 g/mol. The lowest BCUT2D eigenvalue weighted by molar-refractivity contribution is 0.682. The van der Waals surface area contributed by atoms with Crippen LogP contribution in [0, 0.1) is 5.92 Å². The molecule has 0 saturated heterocycles. The minimum atomic E-state index is 0.749. The Bertz CT molecular complexity index is 82.4. The van der Waals surface area contributed by atoms with E-state index in [1.54, 1.807) is 0 Å². The van der Waals surface area contributed by atoms with Gasteiger partial charge in [-0.1, -0.05) is 13.8 Å². The van der Waals surface area contributed by atoms with Crippen LogP contribution in [0.15, 0.2) is 4.99 Å². The van der Waals surface area contributed by atoms with E-state index in [4.69, 9.17) is 0 Å². The van der Waals surface area contributed by atoms with Crippen molar-refractivity contribution in [3.05, 3.63) is 0 Å². The van der Waals surface area contributed by atoms with Gasteiger partial charge in [0.15, 0.2) is 0 Å². The van der Waals surface area contributed by atoms with Crippen molar-refractivity contribution in [2.24, 2.45) is 10.9 Å². The van der Waals surface area contributed by atoms with Crippen molar-refractivity contribution in [1.82, 2.24) is 0 Å². The molecule has 0 aliphatic carbocycles. The molecule has 0 fully saturated rings. The molecule has 0 saturated carbocycles. The fourth-order valence-electron chi connectivity index (χ4n) is 0.682. The van der Waals surface area contributed by atoms with Crippen molar-refractivity contribution in [3.63, 3.8) is 0 Å². The molecular formula is C7H15N. The summed E-state index contributed by atoms with van der Waals surface area (Å²) >= 11 is 0. The molecule has 0 rings (SSSR count). The zero-order valence-corrected chi connectivity index (χ0v) is 6.23. The Morgan fingerprint density at radius 3 is 2.12 bits per heavy atom. The molecule has 0 aromatic heterocycles. The van der Waals surface area contributed by atoms with E-state index in [9.17, 15) is 0 Å². The summed E-state index contributed by atoms with van der Waals surface area (Å²) in [6.45, 7) is 6.48. The van der Waals surface area contributed by atoms with Crippen LogP contribution in [0.25, 0.3) is 0 Å². The number of nitrogens with zero attached hydrogens (tertiary/aromatic N) is 1.